The van der Waals surface area contributed by atoms with Crippen molar-refractivity contribution in [1.29, 1.82) is 0 Å². The number of carbonyl (C=O) groups is 2. The third-order valence-electron chi connectivity index (χ3n) is 4.46. The Labute approximate surface area is 131 Å². The lowest BCUT2D eigenvalue weighted by Crippen LogP contribution is -2.37. The number of likely N-dealkylation sites (tertiary alicyclic amines) is 1. The topological polar surface area (TPSA) is 52.7 Å². The van der Waals surface area contributed by atoms with Gasteiger partial charge < -0.3 is 15.1 Å². The lowest BCUT2D eigenvalue weighted by atomic mass is 10.1. The number of hydrogen-bond donors (Lipinski definition) is 1. The van der Waals surface area contributed by atoms with E-state index in [0.29, 0.717) is 25.6 Å². The number of carbonyl (C=O) groups excluding carboxylic acids is 2. The lowest BCUT2D eigenvalue weighted by Gasteiger charge is -2.20. The van der Waals surface area contributed by atoms with Crippen molar-refractivity contribution in [3.05, 3.63) is 30.3 Å². The monoisotopic (exact) mass is 301 g/mol. The Morgan fingerprint density at radius 3 is 2.73 bits per heavy atom. The molecule has 2 fully saturated rings. The summed E-state index contributed by atoms with van der Waals surface area (Å²) in [5.74, 6) is -0.0165. The predicted octanol–water partition coefficient (Wildman–Crippen LogP) is 1.25. The Bertz CT molecular complexity index is 542. The largest absolute Gasteiger partial charge is 0.373 e. The number of likely N-dealkylation sites (N-methyl/N-ethyl adjacent to an activating group) is 1. The van der Waals surface area contributed by atoms with Gasteiger partial charge in [-0.05, 0) is 25.0 Å². The number of anilines is 1. The van der Waals surface area contributed by atoms with Crippen molar-refractivity contribution in [1.82, 2.24) is 10.2 Å². The van der Waals surface area contributed by atoms with Crippen molar-refractivity contribution >= 4 is 17.5 Å². The van der Waals surface area contributed by atoms with Crippen LogP contribution in [0.25, 0.3) is 0 Å². The molecule has 0 unspecified atom stereocenters. The Balaban J connectivity index is 1.42. The highest BCUT2D eigenvalue weighted by molar-refractivity contribution is 5.89. The van der Waals surface area contributed by atoms with Crippen molar-refractivity contribution in [2.75, 3.05) is 31.6 Å². The number of hydrogen-bond acceptors (Lipinski definition) is 3. The minimum absolute atomic E-state index is 0.0120. The van der Waals surface area contributed by atoms with Crippen LogP contribution in [0.1, 0.15) is 19.3 Å². The van der Waals surface area contributed by atoms with Crippen LogP contribution < -0.4 is 10.2 Å². The highest BCUT2D eigenvalue weighted by Crippen LogP contribution is 2.32. The van der Waals surface area contributed by atoms with Gasteiger partial charge in [-0.2, -0.15) is 0 Å². The first-order valence-corrected chi connectivity index (χ1v) is 7.98. The van der Waals surface area contributed by atoms with Gasteiger partial charge in [0.05, 0.1) is 5.92 Å². The zero-order valence-electron chi connectivity index (χ0n) is 13.0. The molecule has 0 radical (unpaired) electrons. The molecule has 3 rings (SSSR count). The third kappa shape index (κ3) is 3.40. The van der Waals surface area contributed by atoms with Gasteiger partial charge in [0.15, 0.2) is 0 Å². The number of benzene rings is 1. The Kier molecular flexibility index (Phi) is 4.32. The molecule has 1 aromatic rings. The summed E-state index contributed by atoms with van der Waals surface area (Å²) in [6.45, 7) is 1.95. The van der Waals surface area contributed by atoms with Gasteiger partial charge in [0.2, 0.25) is 11.8 Å². The molecule has 1 aromatic carbocycles. The Morgan fingerprint density at radius 2 is 2.05 bits per heavy atom. The van der Waals surface area contributed by atoms with Gasteiger partial charge in [-0.15, -0.1) is 0 Å². The van der Waals surface area contributed by atoms with Gasteiger partial charge in [-0.3, -0.25) is 9.59 Å². The van der Waals surface area contributed by atoms with E-state index in [4.69, 9.17) is 0 Å². The first-order valence-electron chi connectivity index (χ1n) is 7.98. The van der Waals surface area contributed by atoms with Gasteiger partial charge in [0, 0.05) is 44.8 Å². The molecule has 0 bridgehead atoms. The molecular weight excluding hydrogens is 278 g/mol. The molecule has 2 amide bonds. The highest BCUT2D eigenvalue weighted by atomic mass is 16.2. The standard InChI is InChI=1S/C17H23N3O2/c1-19(14-5-3-2-4-6-14)10-9-18-17(22)13-11-16(21)20(12-13)15-7-8-15/h2-6,13,15H,7-12H2,1H3,(H,18,22)/t13-/m1/s1. The van der Waals surface area contributed by atoms with Gasteiger partial charge in [0.1, 0.15) is 0 Å². The van der Waals surface area contributed by atoms with E-state index in [0.717, 1.165) is 25.1 Å². The molecule has 0 spiro atoms. The molecule has 22 heavy (non-hydrogen) atoms. The van der Waals surface area contributed by atoms with E-state index in [1.54, 1.807) is 0 Å². The van der Waals surface area contributed by atoms with Crippen LogP contribution in [0.3, 0.4) is 0 Å². The van der Waals surface area contributed by atoms with Crippen LogP contribution in [0.5, 0.6) is 0 Å². The number of nitrogens with zero attached hydrogens (tertiary/aromatic N) is 2. The molecule has 1 atom stereocenters. The normalized spacial score (nSPS) is 21.0. The maximum Gasteiger partial charge on any atom is 0.225 e. The maximum absolute atomic E-state index is 12.2. The van der Waals surface area contributed by atoms with Crippen LogP contribution >= 0.6 is 0 Å². The number of para-hydroxylation sites is 1. The zero-order chi connectivity index (χ0) is 15.5. The summed E-state index contributed by atoms with van der Waals surface area (Å²) >= 11 is 0. The predicted molar refractivity (Wildman–Crippen MR) is 85.6 cm³/mol. The van der Waals surface area contributed by atoms with E-state index in [1.807, 2.05) is 42.3 Å². The first kappa shape index (κ1) is 14.9. The Morgan fingerprint density at radius 1 is 1.32 bits per heavy atom. The minimum Gasteiger partial charge on any atom is -0.373 e. The number of nitrogens with one attached hydrogen (secondary N) is 1. The average Bonchev–Trinajstić information content (AvgIpc) is 3.30. The second-order valence-corrected chi connectivity index (χ2v) is 6.23. The van der Waals surface area contributed by atoms with E-state index in [1.165, 1.54) is 0 Å². The van der Waals surface area contributed by atoms with E-state index < -0.39 is 0 Å². The molecule has 1 aliphatic carbocycles. The third-order valence-corrected chi connectivity index (χ3v) is 4.46. The van der Waals surface area contributed by atoms with Gasteiger partial charge in [-0.25, -0.2) is 0 Å². The Hall–Kier alpha value is -2.04. The first-order chi connectivity index (χ1) is 10.6. The van der Waals surface area contributed by atoms with Crippen LogP contribution in [-0.2, 0) is 9.59 Å². The molecule has 1 N–H and O–H groups in total. The fourth-order valence-electron chi connectivity index (χ4n) is 2.95. The van der Waals surface area contributed by atoms with Crippen LogP contribution in [0.2, 0.25) is 0 Å². The summed E-state index contributed by atoms with van der Waals surface area (Å²) in [4.78, 5) is 28.1. The van der Waals surface area contributed by atoms with Crippen LogP contribution in [0, 0.1) is 5.92 Å². The minimum atomic E-state index is -0.171. The van der Waals surface area contributed by atoms with Gasteiger partial charge in [0.25, 0.3) is 0 Å². The average molecular weight is 301 g/mol. The van der Waals surface area contributed by atoms with Crippen molar-refractivity contribution in [2.45, 2.75) is 25.3 Å². The fourth-order valence-corrected chi connectivity index (χ4v) is 2.95. The molecular formula is C17H23N3O2. The fraction of sp³-hybridized carbons (Fsp3) is 0.529. The lowest BCUT2D eigenvalue weighted by molar-refractivity contribution is -0.129. The quantitative estimate of drug-likeness (QED) is 0.860. The zero-order valence-corrected chi connectivity index (χ0v) is 13.0. The molecule has 2 aliphatic rings. The molecule has 5 nitrogen and oxygen atoms in total. The molecule has 0 aromatic heterocycles. The molecule has 1 aliphatic heterocycles. The van der Waals surface area contributed by atoms with Crippen molar-refractivity contribution < 1.29 is 9.59 Å². The smallest absolute Gasteiger partial charge is 0.225 e. The molecule has 118 valence electrons. The number of rotatable bonds is 6. The maximum atomic E-state index is 12.2. The molecule has 1 saturated carbocycles. The highest BCUT2D eigenvalue weighted by Gasteiger charge is 2.41. The summed E-state index contributed by atoms with van der Waals surface area (Å²) in [7, 11) is 2.01. The van der Waals surface area contributed by atoms with Gasteiger partial charge in [-0.1, -0.05) is 18.2 Å². The van der Waals surface area contributed by atoms with Crippen LogP contribution in [0.4, 0.5) is 5.69 Å². The van der Waals surface area contributed by atoms with Crippen molar-refractivity contribution in [3.8, 4) is 0 Å². The summed E-state index contributed by atoms with van der Waals surface area (Å²) < 4.78 is 0. The van der Waals surface area contributed by atoms with E-state index in [-0.39, 0.29) is 17.7 Å². The molecule has 1 saturated heterocycles. The SMILES string of the molecule is CN(CCNC(=O)[C@@H]1CC(=O)N(C2CC2)C1)c1ccccc1. The van der Waals surface area contributed by atoms with Gasteiger partial charge >= 0.3 is 0 Å². The van der Waals surface area contributed by atoms with Crippen molar-refractivity contribution in [3.63, 3.8) is 0 Å². The summed E-state index contributed by atoms with van der Waals surface area (Å²) in [5.41, 5.74) is 1.13. The van der Waals surface area contributed by atoms with E-state index in [2.05, 4.69) is 10.2 Å². The molecule has 5 heteroatoms. The number of amides is 2. The summed E-state index contributed by atoms with van der Waals surface area (Å²) in [5, 5.41) is 2.97. The van der Waals surface area contributed by atoms with Crippen molar-refractivity contribution in [2.24, 2.45) is 5.92 Å². The van der Waals surface area contributed by atoms with E-state index >= 15 is 0 Å². The summed E-state index contributed by atoms with van der Waals surface area (Å²) in [6, 6.07) is 10.5. The second-order valence-electron chi connectivity index (χ2n) is 6.23. The molecule has 1 heterocycles. The second kappa shape index (κ2) is 6.38. The van der Waals surface area contributed by atoms with Crippen LogP contribution in [-0.4, -0.2) is 49.4 Å². The van der Waals surface area contributed by atoms with E-state index in [9.17, 15) is 9.59 Å². The van der Waals surface area contributed by atoms with Crippen LogP contribution in [0.15, 0.2) is 30.3 Å². The summed E-state index contributed by atoms with van der Waals surface area (Å²) in [6.07, 6.45) is 2.57.